The number of aliphatic hydroxyl groups is 1. The summed E-state index contributed by atoms with van der Waals surface area (Å²) in [7, 11) is 0. The summed E-state index contributed by atoms with van der Waals surface area (Å²) in [5.74, 6) is -0.186. The SMILES string of the molecule is CCC(CC)n1ncc(C(=O)NC(C)C(O)Cc2ccccc2)c1C. The molecule has 0 aliphatic carbocycles. The van der Waals surface area contributed by atoms with Crippen LogP contribution in [0.25, 0.3) is 0 Å². The van der Waals surface area contributed by atoms with Crippen molar-refractivity contribution in [2.24, 2.45) is 0 Å². The summed E-state index contributed by atoms with van der Waals surface area (Å²) in [5.41, 5.74) is 2.50. The fraction of sp³-hybridized carbons (Fsp3) is 0.500. The molecule has 2 rings (SSSR count). The monoisotopic (exact) mass is 343 g/mol. The van der Waals surface area contributed by atoms with Crippen molar-refractivity contribution < 1.29 is 9.90 Å². The Hall–Kier alpha value is -2.14. The number of carbonyl (C=O) groups excluding carboxylic acids is 1. The molecule has 0 bridgehead atoms. The zero-order valence-corrected chi connectivity index (χ0v) is 15.6. The largest absolute Gasteiger partial charge is 0.391 e. The van der Waals surface area contributed by atoms with Crippen LogP contribution >= 0.6 is 0 Å². The highest BCUT2D eigenvalue weighted by Crippen LogP contribution is 2.19. The predicted octanol–water partition coefficient (Wildman–Crippen LogP) is 3.27. The van der Waals surface area contributed by atoms with Gasteiger partial charge in [0.25, 0.3) is 5.91 Å². The van der Waals surface area contributed by atoms with Crippen LogP contribution in [-0.2, 0) is 6.42 Å². The van der Waals surface area contributed by atoms with Crippen molar-refractivity contribution in [3.8, 4) is 0 Å². The average Bonchev–Trinajstić information content (AvgIpc) is 2.98. The Kier molecular flexibility index (Phi) is 6.76. The molecule has 0 saturated heterocycles. The van der Waals surface area contributed by atoms with E-state index in [9.17, 15) is 9.90 Å². The lowest BCUT2D eigenvalue weighted by atomic mass is 10.0. The Labute approximate surface area is 150 Å². The highest BCUT2D eigenvalue weighted by Gasteiger charge is 2.22. The number of aliphatic hydroxyl groups excluding tert-OH is 1. The quantitative estimate of drug-likeness (QED) is 0.773. The molecule has 0 spiro atoms. The molecule has 1 aromatic heterocycles. The van der Waals surface area contributed by atoms with Crippen LogP contribution in [0.3, 0.4) is 0 Å². The summed E-state index contributed by atoms with van der Waals surface area (Å²) in [5, 5.41) is 17.7. The third-order valence-corrected chi connectivity index (χ3v) is 4.80. The van der Waals surface area contributed by atoms with Gasteiger partial charge in [-0.25, -0.2) is 0 Å². The van der Waals surface area contributed by atoms with Crippen LogP contribution in [0.15, 0.2) is 36.5 Å². The molecule has 2 aromatic rings. The van der Waals surface area contributed by atoms with E-state index in [1.165, 1.54) is 0 Å². The molecular weight excluding hydrogens is 314 g/mol. The summed E-state index contributed by atoms with van der Waals surface area (Å²) in [6.07, 6.45) is 3.45. The zero-order valence-electron chi connectivity index (χ0n) is 15.6. The second kappa shape index (κ2) is 8.81. The van der Waals surface area contributed by atoms with E-state index >= 15 is 0 Å². The van der Waals surface area contributed by atoms with Crippen molar-refractivity contribution in [1.29, 1.82) is 0 Å². The number of nitrogens with one attached hydrogen (secondary N) is 1. The molecule has 0 aliphatic heterocycles. The van der Waals surface area contributed by atoms with E-state index in [0.29, 0.717) is 18.0 Å². The molecule has 1 amide bonds. The van der Waals surface area contributed by atoms with E-state index in [2.05, 4.69) is 24.3 Å². The minimum atomic E-state index is -0.638. The van der Waals surface area contributed by atoms with Crippen molar-refractivity contribution >= 4 is 5.91 Å². The van der Waals surface area contributed by atoms with Gasteiger partial charge in [0.15, 0.2) is 0 Å². The fourth-order valence-corrected chi connectivity index (χ4v) is 3.06. The van der Waals surface area contributed by atoms with Gasteiger partial charge in [-0.1, -0.05) is 44.2 Å². The van der Waals surface area contributed by atoms with E-state index in [1.54, 1.807) is 6.20 Å². The molecule has 2 unspecified atom stereocenters. The minimum absolute atomic E-state index is 0.186. The summed E-state index contributed by atoms with van der Waals surface area (Å²) in [6.45, 7) is 7.99. The van der Waals surface area contributed by atoms with Crippen LogP contribution in [0.2, 0.25) is 0 Å². The number of rotatable bonds is 8. The highest BCUT2D eigenvalue weighted by molar-refractivity contribution is 5.95. The second-order valence-corrected chi connectivity index (χ2v) is 6.58. The maximum absolute atomic E-state index is 12.6. The highest BCUT2D eigenvalue weighted by atomic mass is 16.3. The first-order valence-electron chi connectivity index (χ1n) is 9.04. The molecule has 0 radical (unpaired) electrons. The van der Waals surface area contributed by atoms with E-state index in [4.69, 9.17) is 0 Å². The Morgan fingerprint density at radius 1 is 1.24 bits per heavy atom. The van der Waals surface area contributed by atoms with Crippen LogP contribution < -0.4 is 5.32 Å². The molecule has 5 nitrogen and oxygen atoms in total. The molecule has 2 N–H and O–H groups in total. The smallest absolute Gasteiger partial charge is 0.255 e. The number of hydrogen-bond donors (Lipinski definition) is 2. The maximum atomic E-state index is 12.6. The van der Waals surface area contributed by atoms with Crippen LogP contribution in [-0.4, -0.2) is 32.9 Å². The molecule has 5 heteroatoms. The van der Waals surface area contributed by atoms with Gasteiger partial charge in [-0.05, 0) is 32.3 Å². The zero-order chi connectivity index (χ0) is 18.4. The van der Waals surface area contributed by atoms with Gasteiger partial charge in [-0.3, -0.25) is 9.48 Å². The van der Waals surface area contributed by atoms with Crippen LogP contribution in [0.5, 0.6) is 0 Å². The molecule has 136 valence electrons. The molecule has 0 saturated carbocycles. The first-order valence-corrected chi connectivity index (χ1v) is 9.04. The molecule has 1 aromatic carbocycles. The van der Waals surface area contributed by atoms with Gasteiger partial charge in [-0.15, -0.1) is 0 Å². The third kappa shape index (κ3) is 4.69. The first-order chi connectivity index (χ1) is 12.0. The van der Waals surface area contributed by atoms with Crippen LogP contribution in [0.4, 0.5) is 0 Å². The van der Waals surface area contributed by atoms with Crippen LogP contribution in [0, 0.1) is 6.92 Å². The Bertz CT molecular complexity index is 678. The first kappa shape index (κ1) is 19.2. The number of nitrogens with zero attached hydrogens (tertiary/aromatic N) is 2. The van der Waals surface area contributed by atoms with E-state index < -0.39 is 6.10 Å². The van der Waals surface area contributed by atoms with Gasteiger partial charge in [0, 0.05) is 12.1 Å². The lowest BCUT2D eigenvalue weighted by molar-refractivity contribution is 0.0851. The van der Waals surface area contributed by atoms with Crippen molar-refractivity contribution in [2.75, 3.05) is 0 Å². The van der Waals surface area contributed by atoms with Crippen molar-refractivity contribution in [3.63, 3.8) is 0 Å². The average molecular weight is 343 g/mol. The third-order valence-electron chi connectivity index (χ3n) is 4.80. The van der Waals surface area contributed by atoms with E-state index in [0.717, 1.165) is 24.1 Å². The number of carbonyl (C=O) groups is 1. The molecular formula is C20H29N3O2. The molecule has 0 aliphatic rings. The van der Waals surface area contributed by atoms with E-state index in [-0.39, 0.29) is 11.9 Å². The Balaban J connectivity index is 2.01. The van der Waals surface area contributed by atoms with Gasteiger partial charge in [-0.2, -0.15) is 5.10 Å². The normalized spacial score (nSPS) is 13.7. The predicted molar refractivity (Wildman–Crippen MR) is 99.7 cm³/mol. The lowest BCUT2D eigenvalue weighted by Crippen LogP contribution is -2.42. The summed E-state index contributed by atoms with van der Waals surface area (Å²) >= 11 is 0. The van der Waals surface area contributed by atoms with Crippen molar-refractivity contribution in [2.45, 2.75) is 65.1 Å². The van der Waals surface area contributed by atoms with Crippen molar-refractivity contribution in [3.05, 3.63) is 53.3 Å². The number of amides is 1. The topological polar surface area (TPSA) is 67.2 Å². The molecule has 1 heterocycles. The fourth-order valence-electron chi connectivity index (χ4n) is 3.06. The Morgan fingerprint density at radius 3 is 2.48 bits per heavy atom. The van der Waals surface area contributed by atoms with Crippen molar-refractivity contribution in [1.82, 2.24) is 15.1 Å². The summed E-state index contributed by atoms with van der Waals surface area (Å²) < 4.78 is 1.93. The van der Waals surface area contributed by atoms with Gasteiger partial charge >= 0.3 is 0 Å². The van der Waals surface area contributed by atoms with Gasteiger partial charge in [0.05, 0.1) is 29.9 Å². The standard InChI is InChI=1S/C20H29N3O2/c1-5-17(6-2)23-15(4)18(13-21-23)20(25)22-14(3)19(24)12-16-10-8-7-9-11-16/h7-11,13-14,17,19,24H,5-6,12H2,1-4H3,(H,22,25). The number of aromatic nitrogens is 2. The maximum Gasteiger partial charge on any atom is 0.255 e. The number of hydrogen-bond acceptors (Lipinski definition) is 3. The molecule has 2 atom stereocenters. The Morgan fingerprint density at radius 2 is 1.88 bits per heavy atom. The second-order valence-electron chi connectivity index (χ2n) is 6.58. The lowest BCUT2D eigenvalue weighted by Gasteiger charge is -2.20. The van der Waals surface area contributed by atoms with Gasteiger partial charge in [0.2, 0.25) is 0 Å². The van der Waals surface area contributed by atoms with E-state index in [1.807, 2.05) is 48.9 Å². The molecule has 25 heavy (non-hydrogen) atoms. The number of benzene rings is 1. The van der Waals surface area contributed by atoms with Gasteiger partial charge < -0.3 is 10.4 Å². The summed E-state index contributed by atoms with van der Waals surface area (Å²) in [4.78, 5) is 12.6. The van der Waals surface area contributed by atoms with Crippen LogP contribution in [0.1, 0.15) is 61.3 Å². The van der Waals surface area contributed by atoms with Gasteiger partial charge in [0.1, 0.15) is 0 Å². The minimum Gasteiger partial charge on any atom is -0.391 e. The summed E-state index contributed by atoms with van der Waals surface area (Å²) in [6, 6.07) is 9.75. The molecule has 0 fully saturated rings.